The minimum absolute atomic E-state index is 0.114. The topological polar surface area (TPSA) is 121 Å². The second-order valence-corrected chi connectivity index (χ2v) is 14.2. The van der Waals surface area contributed by atoms with Crippen molar-refractivity contribution in [3.8, 4) is 0 Å². The number of benzene rings is 6. The molecule has 10 rings (SSSR count). The van der Waals surface area contributed by atoms with Gasteiger partial charge in [0, 0.05) is 78.2 Å². The number of aromatic nitrogens is 4. The molecular formula is C50H32N4O8+4. The number of nitrogens with zero attached hydrogens (tertiary/aromatic N) is 4. The van der Waals surface area contributed by atoms with Gasteiger partial charge in [0.25, 0.3) is 22.1 Å². The maximum atomic E-state index is 14.6. The minimum Gasteiger partial charge on any atom is -0.239 e. The first-order valence-corrected chi connectivity index (χ1v) is 19.5. The first kappa shape index (κ1) is 37.4. The van der Waals surface area contributed by atoms with Crippen LogP contribution in [0.25, 0.3) is 54.4 Å². The standard InChI is InChI=1S/C50H32N4O8/c55-47(59-51-29-9-17-33-13-1-5-21-41(33)51)37-25-26-39(49(57)61-53-31-11-19-35-15-3-7-23-43(35)53)46-40(50(58)62-54-32-12-20-36-16-4-8-24-44(36)54)28-27-38(45(37)46)48(56)60-52-30-10-18-34-14-2-6-22-42(34)52/h1-32H/q+4. The van der Waals surface area contributed by atoms with Crippen molar-refractivity contribution >= 4 is 78.3 Å². The summed E-state index contributed by atoms with van der Waals surface area (Å²) in [5.74, 6) is -3.61. The molecule has 0 bridgehead atoms. The highest BCUT2D eigenvalue weighted by molar-refractivity contribution is 6.22. The van der Waals surface area contributed by atoms with E-state index in [9.17, 15) is 19.2 Å². The van der Waals surface area contributed by atoms with E-state index in [0.717, 1.165) is 21.5 Å². The quantitative estimate of drug-likeness (QED) is 0.180. The van der Waals surface area contributed by atoms with Gasteiger partial charge in [0.1, 0.15) is 0 Å². The fourth-order valence-corrected chi connectivity index (χ4v) is 7.59. The molecule has 10 aromatic rings. The third-order valence-corrected chi connectivity index (χ3v) is 10.5. The van der Waals surface area contributed by atoms with Crippen molar-refractivity contribution in [3.63, 3.8) is 0 Å². The highest BCUT2D eigenvalue weighted by atomic mass is 16.7. The Labute approximate surface area is 351 Å². The SMILES string of the molecule is O=C(O[n+]1cccc2ccccc21)c1ccc(C(=O)O[n+]2cccc3ccccc32)c2c(C(=O)O[n+]3cccc4ccccc43)ccc(C(=O)O[n+]3cccc4ccccc43)c12. The first-order valence-electron chi connectivity index (χ1n) is 19.5. The van der Waals surface area contributed by atoms with E-state index in [0.29, 0.717) is 22.1 Å². The van der Waals surface area contributed by atoms with Crippen LogP contribution in [0.15, 0.2) is 195 Å². The summed E-state index contributed by atoms with van der Waals surface area (Å²) in [6, 6.07) is 49.1. The molecule has 4 heterocycles. The zero-order valence-electron chi connectivity index (χ0n) is 32.5. The number of hydrogen-bond donors (Lipinski definition) is 0. The molecule has 62 heavy (non-hydrogen) atoms. The largest absolute Gasteiger partial charge is 0.411 e. The van der Waals surface area contributed by atoms with Crippen molar-refractivity contribution < 1.29 is 57.5 Å². The number of rotatable bonds is 8. The number of carbonyl (C=O) groups is 4. The summed E-state index contributed by atoms with van der Waals surface area (Å²) in [7, 11) is 0. The highest BCUT2D eigenvalue weighted by Crippen LogP contribution is 2.31. The Morgan fingerprint density at radius 1 is 0.274 bits per heavy atom. The van der Waals surface area contributed by atoms with Crippen molar-refractivity contribution in [1.29, 1.82) is 0 Å². The molecule has 4 aromatic heterocycles. The average molecular weight is 817 g/mol. The molecule has 12 nitrogen and oxygen atoms in total. The molecule has 0 saturated carbocycles. The van der Waals surface area contributed by atoms with Gasteiger partial charge < -0.3 is 0 Å². The van der Waals surface area contributed by atoms with Gasteiger partial charge in [-0.1, -0.05) is 48.5 Å². The van der Waals surface area contributed by atoms with Gasteiger partial charge in [-0.15, -0.1) is 0 Å². The summed E-state index contributed by atoms with van der Waals surface area (Å²) < 4.78 is 5.23. The van der Waals surface area contributed by atoms with Gasteiger partial charge >= 0.3 is 23.9 Å². The zero-order chi connectivity index (χ0) is 42.2. The third-order valence-electron chi connectivity index (χ3n) is 10.5. The van der Waals surface area contributed by atoms with Crippen LogP contribution in [0.2, 0.25) is 0 Å². The molecular weight excluding hydrogens is 785 g/mol. The van der Waals surface area contributed by atoms with E-state index in [1.807, 2.05) is 72.8 Å². The summed E-state index contributed by atoms with van der Waals surface area (Å²) in [6.45, 7) is 0. The van der Waals surface area contributed by atoms with Crippen LogP contribution < -0.4 is 38.3 Å². The number of carbonyl (C=O) groups excluding carboxylic acids is 4. The maximum absolute atomic E-state index is 14.6. The first-order chi connectivity index (χ1) is 30.4. The molecule has 0 fully saturated rings. The molecule has 0 unspecified atom stereocenters. The van der Waals surface area contributed by atoms with Gasteiger partial charge in [-0.05, 0) is 72.8 Å². The van der Waals surface area contributed by atoms with Gasteiger partial charge in [0.15, 0.2) is 0 Å². The lowest BCUT2D eigenvalue weighted by molar-refractivity contribution is -0.847. The molecule has 0 radical (unpaired) electrons. The second kappa shape index (κ2) is 15.7. The number of hydrogen-bond acceptors (Lipinski definition) is 8. The van der Waals surface area contributed by atoms with Crippen LogP contribution in [-0.4, -0.2) is 23.9 Å². The van der Waals surface area contributed by atoms with E-state index in [2.05, 4.69) is 0 Å². The Morgan fingerprint density at radius 2 is 0.484 bits per heavy atom. The summed E-state index contributed by atoms with van der Waals surface area (Å²) in [5.41, 5.74) is 1.72. The maximum Gasteiger partial charge on any atom is 0.411 e. The summed E-state index contributed by atoms with van der Waals surface area (Å²) in [5, 5.41) is 2.95. The molecule has 0 aliphatic carbocycles. The summed E-state index contributed by atoms with van der Waals surface area (Å²) in [6.07, 6.45) is 6.30. The van der Waals surface area contributed by atoms with E-state index >= 15 is 0 Å². The molecule has 0 aliphatic rings. The van der Waals surface area contributed by atoms with Crippen LogP contribution in [0.5, 0.6) is 0 Å². The fourth-order valence-electron chi connectivity index (χ4n) is 7.59. The lowest BCUT2D eigenvalue weighted by Crippen LogP contribution is -2.47. The Hall–Kier alpha value is -8.90. The second-order valence-electron chi connectivity index (χ2n) is 14.2. The van der Waals surface area contributed by atoms with Crippen LogP contribution in [0, 0.1) is 0 Å². The van der Waals surface area contributed by atoms with Gasteiger partial charge in [0.2, 0.25) is 24.8 Å². The molecule has 0 saturated heterocycles. The molecule has 0 amide bonds. The van der Waals surface area contributed by atoms with E-state index in [1.165, 1.54) is 43.2 Å². The molecule has 0 N–H and O–H groups in total. The van der Waals surface area contributed by atoms with E-state index in [4.69, 9.17) is 19.4 Å². The van der Waals surface area contributed by atoms with Crippen molar-refractivity contribution in [2.75, 3.05) is 0 Å². The Morgan fingerprint density at radius 3 is 0.726 bits per heavy atom. The van der Waals surface area contributed by atoms with Crippen molar-refractivity contribution in [2.45, 2.75) is 0 Å². The van der Waals surface area contributed by atoms with E-state index in [-0.39, 0.29) is 33.0 Å². The number of fused-ring (bicyclic) bond motifs is 5. The molecule has 12 heteroatoms. The minimum atomic E-state index is -0.902. The Balaban J connectivity index is 1.18. The molecule has 0 atom stereocenters. The summed E-state index contributed by atoms with van der Waals surface area (Å²) in [4.78, 5) is 82.3. The van der Waals surface area contributed by atoms with Gasteiger partial charge in [-0.3, -0.25) is 0 Å². The van der Waals surface area contributed by atoms with Gasteiger partial charge in [0.05, 0.1) is 43.8 Å². The smallest absolute Gasteiger partial charge is 0.239 e. The predicted molar refractivity (Wildman–Crippen MR) is 224 cm³/mol. The van der Waals surface area contributed by atoms with Crippen LogP contribution >= 0.6 is 0 Å². The highest BCUT2D eigenvalue weighted by Gasteiger charge is 2.34. The van der Waals surface area contributed by atoms with Crippen LogP contribution in [0.4, 0.5) is 0 Å². The monoisotopic (exact) mass is 816 g/mol. The van der Waals surface area contributed by atoms with Crippen molar-refractivity contribution in [2.24, 2.45) is 0 Å². The molecule has 6 aromatic carbocycles. The fraction of sp³-hybridized carbons (Fsp3) is 0. The van der Waals surface area contributed by atoms with Crippen LogP contribution in [-0.2, 0) is 0 Å². The van der Waals surface area contributed by atoms with E-state index in [1.54, 1.807) is 97.6 Å². The van der Waals surface area contributed by atoms with Crippen molar-refractivity contribution in [3.05, 3.63) is 217 Å². The normalized spacial score (nSPS) is 11.2. The van der Waals surface area contributed by atoms with Crippen LogP contribution in [0.1, 0.15) is 41.4 Å². The number of pyridine rings is 4. The summed E-state index contributed by atoms with van der Waals surface area (Å²) >= 11 is 0. The Kier molecular flexibility index (Phi) is 9.46. The lowest BCUT2D eigenvalue weighted by atomic mass is 9.91. The zero-order valence-corrected chi connectivity index (χ0v) is 32.5. The lowest BCUT2D eigenvalue weighted by Gasteiger charge is -2.13. The average Bonchev–Trinajstić information content (AvgIpc) is 3.31. The van der Waals surface area contributed by atoms with E-state index < -0.39 is 23.9 Å². The number of para-hydroxylation sites is 4. The Bertz CT molecular complexity index is 3010. The van der Waals surface area contributed by atoms with Gasteiger partial charge in [-0.2, -0.15) is 19.4 Å². The van der Waals surface area contributed by atoms with Crippen LogP contribution in [0.3, 0.4) is 0 Å². The molecule has 296 valence electrons. The van der Waals surface area contributed by atoms with Crippen molar-refractivity contribution in [1.82, 2.24) is 0 Å². The predicted octanol–water partition coefficient (Wildman–Crippen LogP) is 5.68. The van der Waals surface area contributed by atoms with Gasteiger partial charge in [-0.25, -0.2) is 19.2 Å². The third kappa shape index (κ3) is 6.82. The molecule has 0 aliphatic heterocycles. The molecule has 0 spiro atoms.